The zero-order valence-electron chi connectivity index (χ0n) is 32.3. The van der Waals surface area contributed by atoms with E-state index in [1.54, 1.807) is 0 Å². The first-order valence-electron chi connectivity index (χ1n) is 19.3. The van der Waals surface area contributed by atoms with Crippen LogP contribution >= 0.6 is 0 Å². The predicted molar refractivity (Wildman–Crippen MR) is 232 cm³/mol. The number of hydrogen-bond acceptors (Lipinski definition) is 3. The number of nitrogens with zero attached hydrogens (tertiary/aromatic N) is 5. The molecule has 0 aliphatic carbocycles. The van der Waals surface area contributed by atoms with Crippen LogP contribution in [0.15, 0.2) is 176 Å². The van der Waals surface area contributed by atoms with Crippen molar-refractivity contribution in [1.29, 1.82) is 0 Å². The van der Waals surface area contributed by atoms with E-state index in [4.69, 9.17) is 9.97 Å². The van der Waals surface area contributed by atoms with Crippen molar-refractivity contribution in [1.82, 2.24) is 19.1 Å². The van der Waals surface area contributed by atoms with Crippen LogP contribution < -0.4 is 9.88 Å². The molecular weight excluding hydrogens is 892 g/mol. The van der Waals surface area contributed by atoms with Gasteiger partial charge >= 0.3 is 21.1 Å². The Morgan fingerprint density at radius 2 is 1.28 bits per heavy atom. The van der Waals surface area contributed by atoms with Crippen LogP contribution in [0.5, 0.6) is 0 Å². The minimum atomic E-state index is -0.0192. The van der Waals surface area contributed by atoms with Crippen molar-refractivity contribution in [3.05, 3.63) is 194 Å². The second-order valence-electron chi connectivity index (χ2n) is 15.3. The Labute approximate surface area is 352 Å². The van der Waals surface area contributed by atoms with Gasteiger partial charge in [-0.2, -0.15) is 18.2 Å². The molecule has 0 saturated carbocycles. The molecule has 10 aromatic rings. The van der Waals surface area contributed by atoms with Crippen molar-refractivity contribution in [2.75, 3.05) is 5.32 Å². The molecule has 4 heterocycles. The molecule has 0 saturated heterocycles. The number of pyridine rings is 2. The van der Waals surface area contributed by atoms with Crippen LogP contribution in [0.1, 0.15) is 26.3 Å². The number of fused-ring (bicyclic) bond motifs is 4. The second kappa shape index (κ2) is 15.0. The molecule has 0 atom stereocenters. The summed E-state index contributed by atoms with van der Waals surface area (Å²) in [5, 5.41) is 5.78. The first-order valence-corrected chi connectivity index (χ1v) is 19.3. The minimum Gasteiger partial charge on any atom is -0.364 e. The molecule has 282 valence electrons. The molecule has 6 nitrogen and oxygen atoms in total. The first-order chi connectivity index (χ1) is 27.9. The summed E-state index contributed by atoms with van der Waals surface area (Å²) in [6.45, 7) is 6.67. The van der Waals surface area contributed by atoms with E-state index in [0.717, 1.165) is 78.1 Å². The number of rotatable bonds is 7. The standard InChI is InChI=1S/C51H39N6.Pt/c1-51(2,3)37-30-31-52-48(32-37)57-44-25-11-10-22-42(44)43-28-29-47(54-50(43)57)53-38-20-14-21-39(33-38)55-34-56(46-27-13-12-26-45(46)55)49-40(35-16-6-4-7-17-35)23-15-24-41(49)36-18-8-5-9-19-36;/h4-32H,1-3H3,(H,53,54);/q-1;+2. The van der Waals surface area contributed by atoms with Gasteiger partial charge in [-0.25, -0.2) is 9.97 Å². The van der Waals surface area contributed by atoms with Gasteiger partial charge in [0.15, 0.2) is 0 Å². The zero-order chi connectivity index (χ0) is 38.5. The zero-order valence-corrected chi connectivity index (χ0v) is 34.6. The fourth-order valence-corrected chi connectivity index (χ4v) is 7.84. The van der Waals surface area contributed by atoms with Gasteiger partial charge in [0.25, 0.3) is 6.33 Å². The largest absolute Gasteiger partial charge is 2.00 e. The Kier molecular flexibility index (Phi) is 9.59. The first kappa shape index (κ1) is 37.0. The van der Waals surface area contributed by atoms with Crippen LogP contribution in [-0.2, 0) is 26.5 Å². The maximum atomic E-state index is 5.22. The minimum absolute atomic E-state index is 0. The van der Waals surface area contributed by atoms with Crippen molar-refractivity contribution in [2.45, 2.75) is 26.2 Å². The fraction of sp³-hybridized carbons (Fsp3) is 0.0784. The van der Waals surface area contributed by atoms with E-state index in [9.17, 15) is 0 Å². The molecule has 10 rings (SSSR count). The summed E-state index contributed by atoms with van der Waals surface area (Å²) in [5.41, 5.74) is 12.4. The number of nitrogens with one attached hydrogen (secondary N) is 1. The number of benzene rings is 6. The molecule has 0 fully saturated rings. The van der Waals surface area contributed by atoms with E-state index >= 15 is 0 Å². The van der Waals surface area contributed by atoms with Gasteiger partial charge in [0.1, 0.15) is 17.3 Å². The van der Waals surface area contributed by atoms with Gasteiger partial charge in [0.05, 0.1) is 22.2 Å². The number of anilines is 2. The van der Waals surface area contributed by atoms with Gasteiger partial charge in [-0.05, 0) is 69.3 Å². The molecule has 0 aliphatic rings. The molecule has 7 heteroatoms. The molecule has 0 spiro atoms. The summed E-state index contributed by atoms with van der Waals surface area (Å²) in [6, 6.07) is 62.8. The number of imidazole rings is 1. The van der Waals surface area contributed by atoms with E-state index < -0.39 is 0 Å². The van der Waals surface area contributed by atoms with E-state index in [1.807, 2.05) is 24.4 Å². The average molecular weight is 931 g/mol. The van der Waals surface area contributed by atoms with Crippen LogP contribution in [0.25, 0.3) is 72.4 Å². The van der Waals surface area contributed by atoms with Crippen molar-refractivity contribution in [3.63, 3.8) is 0 Å². The molecule has 4 aromatic heterocycles. The van der Waals surface area contributed by atoms with Crippen LogP contribution in [0.3, 0.4) is 0 Å². The van der Waals surface area contributed by atoms with E-state index in [1.165, 1.54) is 5.56 Å². The number of hydrogen-bond donors (Lipinski definition) is 1. The third-order valence-corrected chi connectivity index (χ3v) is 10.6. The summed E-state index contributed by atoms with van der Waals surface area (Å²) < 4.78 is 6.46. The fourth-order valence-electron chi connectivity index (χ4n) is 7.84. The Balaban J connectivity index is 0.00000436. The molecule has 0 amide bonds. The molecule has 0 bridgehead atoms. The van der Waals surface area contributed by atoms with Crippen molar-refractivity contribution < 1.29 is 25.6 Å². The van der Waals surface area contributed by atoms with Gasteiger partial charge in [0.2, 0.25) is 0 Å². The summed E-state index contributed by atoms with van der Waals surface area (Å²) in [7, 11) is 0. The molecule has 0 aliphatic heterocycles. The Hall–Kier alpha value is -6.62. The summed E-state index contributed by atoms with van der Waals surface area (Å²) in [5.74, 6) is 1.56. The van der Waals surface area contributed by atoms with Crippen LogP contribution in [-0.4, -0.2) is 19.1 Å². The van der Waals surface area contributed by atoms with Crippen molar-refractivity contribution in [3.8, 4) is 39.4 Å². The molecule has 58 heavy (non-hydrogen) atoms. The van der Waals surface area contributed by atoms with Gasteiger partial charge in [0, 0.05) is 17.0 Å². The summed E-state index contributed by atoms with van der Waals surface area (Å²) in [4.78, 5) is 10.1. The second-order valence-corrected chi connectivity index (χ2v) is 15.3. The Morgan fingerprint density at radius 1 is 0.621 bits per heavy atom. The van der Waals surface area contributed by atoms with Crippen LogP contribution in [0.4, 0.5) is 11.5 Å². The summed E-state index contributed by atoms with van der Waals surface area (Å²) in [6.07, 6.45) is 5.66. The number of para-hydroxylation sites is 4. The van der Waals surface area contributed by atoms with Crippen molar-refractivity contribution >= 4 is 44.5 Å². The smallest absolute Gasteiger partial charge is 0.364 e. The Bertz CT molecular complexity index is 3030. The molecule has 6 aromatic carbocycles. The van der Waals surface area contributed by atoms with E-state index in [2.05, 4.69) is 204 Å². The van der Waals surface area contributed by atoms with Gasteiger partial charge in [-0.15, -0.1) is 6.07 Å². The quantitative estimate of drug-likeness (QED) is 0.128. The van der Waals surface area contributed by atoms with Crippen molar-refractivity contribution in [2.24, 2.45) is 0 Å². The van der Waals surface area contributed by atoms with E-state index in [0.29, 0.717) is 5.82 Å². The SMILES string of the molecule is CC(C)(C)c1ccnc(-n2c3ccccc3c3ccc(Nc4[c-]c(-n5[c-][n+](-c6c(-c7ccccc7)cccc6-c6ccccc6)c6ccccc65)ccc4)nc32)c1.[Pt+2]. The maximum absolute atomic E-state index is 5.22. The van der Waals surface area contributed by atoms with Crippen LogP contribution in [0, 0.1) is 12.4 Å². The molecule has 0 radical (unpaired) electrons. The third-order valence-electron chi connectivity index (χ3n) is 10.6. The monoisotopic (exact) mass is 930 g/mol. The molecule has 1 N–H and O–H groups in total. The third kappa shape index (κ3) is 6.59. The van der Waals surface area contributed by atoms with Crippen LogP contribution in [0.2, 0.25) is 0 Å². The molecular formula is C51H39N6Pt+. The summed E-state index contributed by atoms with van der Waals surface area (Å²) >= 11 is 0. The van der Waals surface area contributed by atoms with E-state index in [-0.39, 0.29) is 26.5 Å². The Morgan fingerprint density at radius 3 is 2.00 bits per heavy atom. The molecule has 0 unspecified atom stereocenters. The number of aromatic nitrogens is 5. The normalized spacial score (nSPS) is 11.6. The van der Waals surface area contributed by atoms with Gasteiger partial charge in [-0.3, -0.25) is 9.13 Å². The topological polar surface area (TPSA) is 51.6 Å². The average Bonchev–Trinajstić information content (AvgIpc) is 3.80. The van der Waals surface area contributed by atoms with Gasteiger partial charge in [-0.1, -0.05) is 148 Å². The maximum Gasteiger partial charge on any atom is 2.00 e. The van der Waals surface area contributed by atoms with Gasteiger partial charge < -0.3 is 9.88 Å². The predicted octanol–water partition coefficient (Wildman–Crippen LogP) is 11.8.